The number of hydrogen-bond donors (Lipinski definition) is 3. The molecule has 2 amide bonds. The van der Waals surface area contributed by atoms with Crippen molar-refractivity contribution in [1.29, 1.82) is 0 Å². The van der Waals surface area contributed by atoms with Crippen molar-refractivity contribution < 1.29 is 45.8 Å². The molecule has 0 aliphatic rings. The molecule has 0 radical (unpaired) electrons. The maximum atomic E-state index is 14.1. The predicted octanol–water partition coefficient (Wildman–Crippen LogP) is 2.87. The van der Waals surface area contributed by atoms with Gasteiger partial charge in [0.25, 0.3) is 20.0 Å². The molecule has 0 saturated heterocycles. The minimum atomic E-state index is -4.46. The molecule has 0 unspecified atom stereocenters. The number of primary amides is 2. The Balaban J connectivity index is 0.00000201. The summed E-state index contributed by atoms with van der Waals surface area (Å²) < 4.78 is 68.5. The molecule has 0 bridgehead atoms. The summed E-state index contributed by atoms with van der Waals surface area (Å²) >= 11 is 0. The number of rotatable bonds is 14. The minimum Gasteiger partial charge on any atom is -0.497 e. The van der Waals surface area contributed by atoms with Crippen LogP contribution >= 0.6 is 0 Å². The van der Waals surface area contributed by atoms with E-state index < -0.39 is 44.9 Å². The van der Waals surface area contributed by atoms with Gasteiger partial charge in [-0.2, -0.15) is 0 Å². The van der Waals surface area contributed by atoms with Crippen molar-refractivity contribution in [3.63, 3.8) is 0 Å². The van der Waals surface area contributed by atoms with Crippen LogP contribution in [0.25, 0.3) is 10.8 Å². The molecule has 0 spiro atoms. The number of aliphatic carboxylic acids is 1. The highest BCUT2D eigenvalue weighted by molar-refractivity contribution is 7.93. The van der Waals surface area contributed by atoms with E-state index in [0.717, 1.165) is 4.31 Å². The highest BCUT2D eigenvalue weighted by Gasteiger charge is 2.33. The van der Waals surface area contributed by atoms with E-state index in [1.807, 2.05) is 0 Å². The van der Waals surface area contributed by atoms with Gasteiger partial charge in [0.1, 0.15) is 18.0 Å². The lowest BCUT2D eigenvalue weighted by Gasteiger charge is -2.30. The van der Waals surface area contributed by atoms with Crippen molar-refractivity contribution in [1.82, 2.24) is 0 Å². The number of fused-ring (bicyclic) bond motifs is 1. The summed E-state index contributed by atoms with van der Waals surface area (Å²) in [5.74, 6) is -1.24. The molecular weight excluding hydrogens is 665 g/mol. The van der Waals surface area contributed by atoms with E-state index in [-0.39, 0.29) is 51.5 Å². The zero-order valence-corrected chi connectivity index (χ0v) is 28.0. The summed E-state index contributed by atoms with van der Waals surface area (Å²) in [4.78, 5) is 32.5. The average Bonchev–Trinajstić information content (AvgIpc) is 3.06. The van der Waals surface area contributed by atoms with Crippen molar-refractivity contribution in [2.75, 3.05) is 35.9 Å². The number of nitrogens with two attached hydrogens (primary N) is 2. The molecule has 0 atom stereocenters. The standard InChI is InChI=1S/C31H33N3O9S2.CH3NO/c1-4-33(44(38,39)24-14-10-22(42-2)11-15-24)28-19-21(9-18-30(36)37)31(27-8-6-5-7-26(27)28)34(20-29(32)35)45(40,41)25-16-12-23(43-3)13-17-25;2-1-3/h5-8,10-17,19H,4,9,18,20H2,1-3H3,(H2,32,35)(H,36,37);1H,(H2,2,3). The van der Waals surface area contributed by atoms with E-state index in [2.05, 4.69) is 5.73 Å². The third-order valence-electron chi connectivity index (χ3n) is 7.08. The number of carbonyl (C=O) groups excluding carboxylic acids is 2. The summed E-state index contributed by atoms with van der Waals surface area (Å²) in [6.45, 7) is 0.874. The Morgan fingerprint density at radius 1 is 0.812 bits per heavy atom. The second-order valence-corrected chi connectivity index (χ2v) is 13.7. The van der Waals surface area contributed by atoms with Crippen LogP contribution in [0.2, 0.25) is 0 Å². The first-order valence-corrected chi connectivity index (χ1v) is 17.2. The number of nitrogens with zero attached hydrogens (tertiary/aromatic N) is 2. The number of amides is 2. The molecule has 5 N–H and O–H groups in total. The molecule has 0 saturated carbocycles. The van der Waals surface area contributed by atoms with Gasteiger partial charge < -0.3 is 26.0 Å². The van der Waals surface area contributed by atoms with Gasteiger partial charge in [0.05, 0.1) is 35.4 Å². The molecule has 4 rings (SSSR count). The zero-order chi connectivity index (χ0) is 35.6. The summed E-state index contributed by atoms with van der Waals surface area (Å²) in [6.07, 6.45) is -0.342. The Hall–Kier alpha value is -5.35. The van der Waals surface area contributed by atoms with E-state index in [0.29, 0.717) is 16.9 Å². The van der Waals surface area contributed by atoms with Crippen LogP contribution in [-0.4, -0.2) is 67.5 Å². The van der Waals surface area contributed by atoms with Crippen molar-refractivity contribution in [2.45, 2.75) is 29.6 Å². The smallest absolute Gasteiger partial charge is 0.303 e. The molecule has 14 nitrogen and oxygen atoms in total. The number of carboxylic acids is 1. The third-order valence-corrected chi connectivity index (χ3v) is 10.7. The first-order chi connectivity index (χ1) is 22.8. The van der Waals surface area contributed by atoms with E-state index in [1.54, 1.807) is 31.2 Å². The summed E-state index contributed by atoms with van der Waals surface area (Å²) in [5.41, 5.74) is 10.1. The molecule has 0 heterocycles. The number of sulfonamides is 2. The molecule has 0 aromatic heterocycles. The fraction of sp³-hybridized carbons (Fsp3) is 0.219. The maximum absolute atomic E-state index is 14.1. The van der Waals surface area contributed by atoms with E-state index >= 15 is 0 Å². The van der Waals surface area contributed by atoms with Crippen LogP contribution in [0.5, 0.6) is 11.5 Å². The molecule has 4 aromatic carbocycles. The molecular formula is C32H36N4O10S2. The maximum Gasteiger partial charge on any atom is 0.303 e. The number of methoxy groups -OCH3 is 2. The van der Waals surface area contributed by atoms with Crippen LogP contribution in [0.15, 0.2) is 88.7 Å². The lowest BCUT2D eigenvalue weighted by Crippen LogP contribution is -2.39. The van der Waals surface area contributed by atoms with Gasteiger partial charge in [0, 0.05) is 23.7 Å². The minimum absolute atomic E-state index is 0.00871. The number of carboxylic acid groups (broad SMARTS) is 1. The van der Waals surface area contributed by atoms with Gasteiger partial charge in [-0.25, -0.2) is 16.8 Å². The van der Waals surface area contributed by atoms with Crippen LogP contribution in [0, 0.1) is 0 Å². The normalized spacial score (nSPS) is 11.1. The van der Waals surface area contributed by atoms with Crippen LogP contribution < -0.4 is 29.6 Å². The van der Waals surface area contributed by atoms with E-state index in [1.165, 1.54) is 73.1 Å². The lowest BCUT2D eigenvalue weighted by atomic mass is 9.98. The van der Waals surface area contributed by atoms with Crippen molar-refractivity contribution in [2.24, 2.45) is 11.5 Å². The number of ether oxygens (including phenoxy) is 2. The van der Waals surface area contributed by atoms with Gasteiger partial charge in [0.2, 0.25) is 12.3 Å². The molecule has 256 valence electrons. The van der Waals surface area contributed by atoms with Gasteiger partial charge in [0.15, 0.2) is 0 Å². The van der Waals surface area contributed by atoms with Crippen LogP contribution in [0.1, 0.15) is 18.9 Å². The summed E-state index contributed by atoms with van der Waals surface area (Å²) in [6, 6.07) is 19.4. The monoisotopic (exact) mass is 700 g/mol. The molecule has 0 aliphatic carbocycles. The number of hydrogen-bond acceptors (Lipinski definition) is 9. The van der Waals surface area contributed by atoms with Crippen molar-refractivity contribution >= 4 is 60.5 Å². The molecule has 4 aromatic rings. The van der Waals surface area contributed by atoms with E-state index in [9.17, 15) is 31.5 Å². The second-order valence-electron chi connectivity index (χ2n) is 9.98. The zero-order valence-electron chi connectivity index (χ0n) is 26.4. The van der Waals surface area contributed by atoms with Gasteiger partial charge in [-0.05, 0) is 73.5 Å². The molecule has 16 heteroatoms. The lowest BCUT2D eigenvalue weighted by molar-refractivity contribution is -0.137. The van der Waals surface area contributed by atoms with Crippen LogP contribution in [0.3, 0.4) is 0 Å². The number of benzene rings is 4. The fourth-order valence-corrected chi connectivity index (χ4v) is 7.95. The SMILES string of the molecule is CCN(c1cc(CCC(=O)O)c(N(CC(N)=O)S(=O)(=O)c2ccc(OC)cc2)c2ccccc12)S(=O)(=O)c1ccc(OC)cc1.NC=O. The number of anilines is 2. The Kier molecular flexibility index (Phi) is 12.3. The highest BCUT2D eigenvalue weighted by Crippen LogP contribution is 2.42. The fourth-order valence-electron chi connectivity index (χ4n) is 4.98. The number of aryl methyl sites for hydroxylation is 1. The van der Waals surface area contributed by atoms with Gasteiger partial charge in [-0.1, -0.05) is 24.3 Å². The van der Waals surface area contributed by atoms with E-state index in [4.69, 9.17) is 20.0 Å². The first-order valence-electron chi connectivity index (χ1n) is 14.3. The summed E-state index contributed by atoms with van der Waals surface area (Å²) in [7, 11) is -5.72. The van der Waals surface area contributed by atoms with Gasteiger partial charge >= 0.3 is 5.97 Å². The molecule has 0 aliphatic heterocycles. The topological polar surface area (TPSA) is 217 Å². The van der Waals surface area contributed by atoms with Crippen LogP contribution in [0.4, 0.5) is 11.4 Å². The Morgan fingerprint density at radius 3 is 1.69 bits per heavy atom. The van der Waals surface area contributed by atoms with Gasteiger partial charge in [-0.15, -0.1) is 0 Å². The largest absolute Gasteiger partial charge is 0.497 e. The van der Waals surface area contributed by atoms with Crippen molar-refractivity contribution in [3.8, 4) is 11.5 Å². The Bertz CT molecular complexity index is 1980. The summed E-state index contributed by atoms with van der Waals surface area (Å²) in [5, 5.41) is 10.2. The predicted molar refractivity (Wildman–Crippen MR) is 180 cm³/mol. The number of carbonyl (C=O) groups is 3. The van der Waals surface area contributed by atoms with Crippen molar-refractivity contribution in [3.05, 3.63) is 84.4 Å². The first kappa shape index (κ1) is 37.1. The Labute approximate surface area is 278 Å². The highest BCUT2D eigenvalue weighted by atomic mass is 32.2. The third kappa shape index (κ3) is 8.13. The average molecular weight is 701 g/mol. The molecule has 0 fully saturated rings. The van der Waals surface area contributed by atoms with Gasteiger partial charge in [-0.3, -0.25) is 23.0 Å². The Morgan fingerprint density at radius 2 is 1.27 bits per heavy atom. The quantitative estimate of drug-likeness (QED) is 0.163. The van der Waals surface area contributed by atoms with Crippen LogP contribution in [-0.2, 0) is 40.9 Å². The molecule has 48 heavy (non-hydrogen) atoms. The second kappa shape index (κ2) is 16.0.